The summed E-state index contributed by atoms with van der Waals surface area (Å²) in [7, 11) is 1.52. The zero-order valence-corrected chi connectivity index (χ0v) is 15.5. The quantitative estimate of drug-likeness (QED) is 0.659. The fourth-order valence-electron chi connectivity index (χ4n) is 2.80. The van der Waals surface area contributed by atoms with Crippen molar-refractivity contribution in [2.45, 2.75) is 12.5 Å². The summed E-state index contributed by atoms with van der Waals surface area (Å²) in [5.74, 6) is -0.00764. The number of aliphatic hydroxyl groups is 1. The highest BCUT2D eigenvalue weighted by molar-refractivity contribution is 9.10. The number of pyridine rings is 1. The molecule has 0 aromatic carbocycles. The molecule has 0 radical (unpaired) electrons. The van der Waals surface area contributed by atoms with Crippen molar-refractivity contribution < 1.29 is 19.8 Å². The van der Waals surface area contributed by atoms with E-state index in [0.29, 0.717) is 36.5 Å². The summed E-state index contributed by atoms with van der Waals surface area (Å²) in [5, 5.41) is 20.7. The van der Waals surface area contributed by atoms with Crippen molar-refractivity contribution in [3.05, 3.63) is 16.7 Å². The molecule has 3 N–H and O–H groups in total. The van der Waals surface area contributed by atoms with Crippen molar-refractivity contribution in [3.63, 3.8) is 0 Å². The molecule has 138 valence electrons. The number of anilines is 2. The second-order valence-electron chi connectivity index (χ2n) is 5.88. The molecule has 11 heteroatoms. The highest BCUT2D eigenvalue weighted by Crippen LogP contribution is 2.29. The molecule has 1 saturated heterocycles. The van der Waals surface area contributed by atoms with E-state index < -0.39 is 18.6 Å². The fraction of sp³-hybridized carbons (Fsp3) is 0.400. The lowest BCUT2D eigenvalue weighted by atomic mass is 10.2. The lowest BCUT2D eigenvalue weighted by Gasteiger charge is -2.23. The van der Waals surface area contributed by atoms with Gasteiger partial charge in [0.15, 0.2) is 17.3 Å². The average Bonchev–Trinajstić information content (AvgIpc) is 3.09. The van der Waals surface area contributed by atoms with Crippen LogP contribution in [0.5, 0.6) is 0 Å². The van der Waals surface area contributed by atoms with Crippen molar-refractivity contribution >= 4 is 50.7 Å². The Balaban J connectivity index is 1.97. The lowest BCUT2D eigenvalue weighted by molar-refractivity contribution is -0.118. The maximum absolute atomic E-state index is 11.7. The van der Waals surface area contributed by atoms with Crippen LogP contribution in [0.25, 0.3) is 11.2 Å². The van der Waals surface area contributed by atoms with Crippen LogP contribution in [0.15, 0.2) is 16.7 Å². The molecule has 3 heterocycles. The van der Waals surface area contributed by atoms with Crippen molar-refractivity contribution in [1.29, 1.82) is 0 Å². The van der Waals surface area contributed by atoms with Gasteiger partial charge < -0.3 is 25.3 Å². The van der Waals surface area contributed by atoms with Crippen molar-refractivity contribution in [1.82, 2.24) is 19.9 Å². The summed E-state index contributed by atoms with van der Waals surface area (Å²) in [6, 6.07) is 1.53. The van der Waals surface area contributed by atoms with Crippen molar-refractivity contribution in [2.24, 2.45) is 0 Å². The van der Waals surface area contributed by atoms with Crippen LogP contribution in [-0.2, 0) is 4.79 Å². The third kappa shape index (κ3) is 3.68. The van der Waals surface area contributed by atoms with Crippen LogP contribution in [-0.4, -0.2) is 74.9 Å². The Kier molecular flexibility index (Phi) is 5.18. The molecule has 1 aliphatic rings. The second kappa shape index (κ2) is 7.38. The number of carboxylic acid groups (broad SMARTS) is 1. The molecule has 0 aliphatic carbocycles. The highest BCUT2D eigenvalue weighted by Gasteiger charge is 2.31. The predicted octanol–water partition coefficient (Wildman–Crippen LogP) is 0.907. The topological polar surface area (TPSA) is 132 Å². The number of nitrogens with one attached hydrogen (secondary N) is 1. The molecule has 3 rings (SSSR count). The van der Waals surface area contributed by atoms with E-state index in [1.165, 1.54) is 11.9 Å². The fourth-order valence-corrected chi connectivity index (χ4v) is 3.12. The summed E-state index contributed by atoms with van der Waals surface area (Å²) >= 11 is 3.31. The minimum absolute atomic E-state index is 0.190. The van der Waals surface area contributed by atoms with E-state index in [9.17, 15) is 9.59 Å². The minimum atomic E-state index is -0.998. The summed E-state index contributed by atoms with van der Waals surface area (Å²) in [6.45, 7) is 0.294. The zero-order chi connectivity index (χ0) is 18.8. The molecule has 0 bridgehead atoms. The number of fused-ring (bicyclic) bond motifs is 1. The number of carbonyl (C=O) groups excluding carboxylic acids is 1. The SMILES string of the molecule is CN(C(=O)O)[C@@H]1CCN(c2nc3ncc(Br)cc3nc2NC(=O)CO)C1. The van der Waals surface area contributed by atoms with Crippen LogP contribution in [0, 0.1) is 0 Å². The number of hydrogen-bond donors (Lipinski definition) is 3. The number of rotatable bonds is 4. The van der Waals surface area contributed by atoms with Gasteiger partial charge in [-0.25, -0.2) is 19.7 Å². The van der Waals surface area contributed by atoms with Gasteiger partial charge in [0.05, 0.1) is 6.04 Å². The summed E-state index contributed by atoms with van der Waals surface area (Å²) in [4.78, 5) is 39.1. The third-order valence-electron chi connectivity index (χ3n) is 4.18. The van der Waals surface area contributed by atoms with Gasteiger partial charge in [-0.05, 0) is 28.4 Å². The normalized spacial score (nSPS) is 16.7. The van der Waals surface area contributed by atoms with Gasteiger partial charge in [0.1, 0.15) is 12.1 Å². The second-order valence-corrected chi connectivity index (χ2v) is 6.80. The average molecular weight is 425 g/mol. The monoisotopic (exact) mass is 424 g/mol. The molecule has 2 aromatic heterocycles. The molecule has 0 spiro atoms. The first-order chi connectivity index (χ1) is 12.4. The first kappa shape index (κ1) is 18.3. The molecule has 0 saturated carbocycles. The van der Waals surface area contributed by atoms with Gasteiger partial charge in [-0.2, -0.15) is 0 Å². The smallest absolute Gasteiger partial charge is 0.407 e. The van der Waals surface area contributed by atoms with Gasteiger partial charge in [0.2, 0.25) is 0 Å². The van der Waals surface area contributed by atoms with Gasteiger partial charge in [-0.1, -0.05) is 0 Å². The van der Waals surface area contributed by atoms with Crippen LogP contribution in [0.2, 0.25) is 0 Å². The van der Waals surface area contributed by atoms with Gasteiger partial charge >= 0.3 is 6.09 Å². The Bertz CT molecular complexity index is 863. The molecular weight excluding hydrogens is 408 g/mol. The number of carbonyl (C=O) groups is 2. The molecule has 1 aliphatic heterocycles. The van der Waals surface area contributed by atoms with Gasteiger partial charge in [0, 0.05) is 30.8 Å². The number of amides is 2. The van der Waals surface area contributed by atoms with E-state index in [4.69, 9.17) is 10.2 Å². The van der Waals surface area contributed by atoms with Crippen LogP contribution < -0.4 is 10.2 Å². The van der Waals surface area contributed by atoms with Gasteiger partial charge in [-0.3, -0.25) is 4.79 Å². The first-order valence-corrected chi connectivity index (χ1v) is 8.63. The Morgan fingerprint density at radius 1 is 1.46 bits per heavy atom. The third-order valence-corrected chi connectivity index (χ3v) is 4.62. The van der Waals surface area contributed by atoms with Crippen LogP contribution in [0.3, 0.4) is 0 Å². The molecule has 2 amide bonds. The summed E-state index contributed by atoms with van der Waals surface area (Å²) in [6.07, 6.45) is 1.23. The van der Waals surface area contributed by atoms with E-state index in [2.05, 4.69) is 36.2 Å². The minimum Gasteiger partial charge on any atom is -0.465 e. The Morgan fingerprint density at radius 2 is 2.23 bits per heavy atom. The van der Waals surface area contributed by atoms with Crippen molar-refractivity contribution in [2.75, 3.05) is 37.0 Å². The maximum Gasteiger partial charge on any atom is 0.407 e. The molecular formula is C15H17BrN6O4. The molecule has 1 atom stereocenters. The summed E-state index contributed by atoms with van der Waals surface area (Å²) < 4.78 is 0.718. The Morgan fingerprint density at radius 3 is 2.92 bits per heavy atom. The first-order valence-electron chi connectivity index (χ1n) is 7.83. The van der Waals surface area contributed by atoms with E-state index in [1.807, 2.05) is 4.90 Å². The van der Waals surface area contributed by atoms with Gasteiger partial charge in [-0.15, -0.1) is 0 Å². The molecule has 10 nitrogen and oxygen atoms in total. The molecule has 0 unspecified atom stereocenters. The maximum atomic E-state index is 11.7. The number of halogens is 1. The lowest BCUT2D eigenvalue weighted by Crippen LogP contribution is -2.38. The largest absolute Gasteiger partial charge is 0.465 e. The number of nitrogens with zero attached hydrogens (tertiary/aromatic N) is 5. The van der Waals surface area contributed by atoms with E-state index in [-0.39, 0.29) is 11.9 Å². The number of likely N-dealkylation sites (N-methyl/N-ethyl adjacent to an activating group) is 1. The predicted molar refractivity (Wildman–Crippen MR) is 97.2 cm³/mol. The van der Waals surface area contributed by atoms with E-state index in [0.717, 1.165) is 4.47 Å². The van der Waals surface area contributed by atoms with Crippen LogP contribution in [0.4, 0.5) is 16.4 Å². The standard InChI is InChI=1S/C15H17BrN6O4/c1-21(15(25)26)9-2-3-22(6-9)14-13(19-11(24)7-23)18-10-4-8(16)5-17-12(10)20-14/h4-5,9,23H,2-3,6-7H2,1H3,(H,25,26)(H,18,19,24)/t9-/m1/s1. The number of aliphatic hydroxyl groups excluding tert-OH is 1. The highest BCUT2D eigenvalue weighted by atomic mass is 79.9. The zero-order valence-electron chi connectivity index (χ0n) is 13.9. The molecule has 1 fully saturated rings. The molecule has 2 aromatic rings. The van der Waals surface area contributed by atoms with Crippen LogP contribution in [0.1, 0.15) is 6.42 Å². The van der Waals surface area contributed by atoms with Gasteiger partial charge in [0.25, 0.3) is 5.91 Å². The Labute approximate surface area is 157 Å². The number of aromatic nitrogens is 3. The van der Waals surface area contributed by atoms with Crippen LogP contribution >= 0.6 is 15.9 Å². The van der Waals surface area contributed by atoms with E-state index in [1.54, 1.807) is 12.3 Å². The summed E-state index contributed by atoms with van der Waals surface area (Å²) in [5.41, 5.74) is 0.884. The van der Waals surface area contributed by atoms with E-state index >= 15 is 0 Å². The number of hydrogen-bond acceptors (Lipinski definition) is 7. The molecule has 26 heavy (non-hydrogen) atoms. The Hall–Kier alpha value is -2.53. The van der Waals surface area contributed by atoms with Crippen molar-refractivity contribution in [3.8, 4) is 0 Å².